The standard InChI is InChI=1S/BH2.Co.Cr.Nd.Pd.Pt.Re/h1H2;;;;;;/q+1;;;;;;-1. The molecular weight excluding hydrogens is 754 g/mol. The van der Waals surface area contributed by atoms with Crippen molar-refractivity contribution in [3.63, 3.8) is 0 Å². The Morgan fingerprint density at radius 1 is 1.14 bits per heavy atom. The van der Waals surface area contributed by atoms with E-state index >= 15 is 0 Å². The molecule has 0 fully saturated rings. The first-order valence-corrected chi connectivity index (χ1v) is 3.09. The van der Waals surface area contributed by atoms with Crippen molar-refractivity contribution in [2.75, 3.05) is 0 Å². The molecule has 0 aliphatic heterocycles. The molecule has 0 unspecified atom stereocenters. The molecule has 51 valence electrons. The third kappa shape index (κ3) is 37.6. The van der Waals surface area contributed by atoms with Crippen LogP contribution in [0, 0.1) is 40.8 Å². The summed E-state index contributed by atoms with van der Waals surface area (Å²) in [5.41, 5.74) is 0. The molecule has 0 aliphatic rings. The fourth-order valence-corrected chi connectivity index (χ4v) is 0. The first-order valence-electron chi connectivity index (χ1n) is 0.378. The van der Waals surface area contributed by atoms with E-state index in [2.05, 4.69) is 6.20 Å². The Hall–Kier alpha value is 4.47. The molecule has 0 rings (SSSR count). The molecule has 0 N–H and O–H groups in total. The van der Waals surface area contributed by atoms with Gasteiger partial charge in [-0.2, -0.15) is 0 Å². The zero-order valence-electron chi connectivity index (χ0n) is 3.25. The minimum Gasteiger partial charge on any atom is 0 e. The first kappa shape index (κ1) is 42.0. The van der Waals surface area contributed by atoms with Gasteiger partial charge in [-0.1, -0.05) is 0 Å². The van der Waals surface area contributed by atoms with Gasteiger partial charge in [-0.25, -0.2) is 0 Å². The second-order valence-electron chi connectivity index (χ2n) is 0. The Labute approximate surface area is 138 Å². The molecular formula is H2BCoCrNdPdPtRe. The zero-order chi connectivity index (χ0) is 2.00. The second kappa shape index (κ2) is 47.0. The van der Waals surface area contributed by atoms with E-state index in [0.29, 0.717) is 0 Å². The van der Waals surface area contributed by atoms with E-state index in [9.17, 15) is 0 Å². The van der Waals surface area contributed by atoms with Crippen molar-refractivity contribution in [1.29, 1.82) is 0 Å². The van der Waals surface area contributed by atoms with Crippen molar-refractivity contribution < 1.29 is 135 Å². The maximum atomic E-state index is 2.06. The van der Waals surface area contributed by atoms with Gasteiger partial charge in [0, 0.05) is 116 Å². The summed E-state index contributed by atoms with van der Waals surface area (Å²) in [4.78, 5) is 0. The van der Waals surface area contributed by atoms with Gasteiger partial charge in [0.05, 0.1) is 0 Å². The average molecular weight is 756 g/mol. The number of hydrogen-bond acceptors (Lipinski definition) is 0. The third-order valence-corrected chi connectivity index (χ3v) is 0. The molecule has 1 radical (unpaired) electrons. The van der Waals surface area contributed by atoms with Crippen LogP contribution in [-0.2, 0) is 94.6 Å². The van der Waals surface area contributed by atoms with Crippen molar-refractivity contribution in [2.24, 2.45) is 0 Å². The molecule has 7 heavy (non-hydrogen) atoms. The molecule has 0 aromatic rings. The van der Waals surface area contributed by atoms with Crippen molar-refractivity contribution in [1.82, 2.24) is 0 Å². The van der Waals surface area contributed by atoms with E-state index in [1.165, 1.54) is 0 Å². The van der Waals surface area contributed by atoms with Crippen molar-refractivity contribution in [3.8, 4) is 0 Å². The summed E-state index contributed by atoms with van der Waals surface area (Å²) in [6.45, 7) is 0. The molecule has 0 aromatic heterocycles. The quantitative estimate of drug-likeness (QED) is 0.281. The second-order valence-corrected chi connectivity index (χ2v) is 0. The zero-order valence-corrected chi connectivity index (χ0v) is 15.3. The normalized spacial score (nSPS) is 0.714. The first-order chi connectivity index (χ1) is 1.00. The van der Waals surface area contributed by atoms with E-state index in [4.69, 9.17) is 0 Å². The summed E-state index contributed by atoms with van der Waals surface area (Å²) < 4.78 is 0. The van der Waals surface area contributed by atoms with Gasteiger partial charge >= 0.3 is 25.2 Å². The van der Waals surface area contributed by atoms with Crippen LogP contribution < -0.4 is 0 Å². The van der Waals surface area contributed by atoms with Gasteiger partial charge in [0.2, 0.25) is 0 Å². The van der Waals surface area contributed by atoms with Gasteiger partial charge in [0.25, 0.3) is 0 Å². The summed E-state index contributed by atoms with van der Waals surface area (Å²) in [7, 11) is 0. The van der Waals surface area contributed by atoms with Gasteiger partial charge in [-0.15, -0.1) is 0 Å². The van der Waals surface area contributed by atoms with Crippen LogP contribution in [-0.4, -0.2) is 6.20 Å². The summed E-state index contributed by atoms with van der Waals surface area (Å²) in [6, 6.07) is 0. The molecule has 0 spiro atoms. The van der Waals surface area contributed by atoms with Gasteiger partial charge in [-0.05, 0) is 0 Å². The van der Waals surface area contributed by atoms with Gasteiger partial charge in [0.1, 0.15) is 0 Å². The monoisotopic (exact) mass is 754 g/mol. The van der Waals surface area contributed by atoms with Crippen LogP contribution in [0.5, 0.6) is 0 Å². The number of rotatable bonds is 0. The Morgan fingerprint density at radius 3 is 1.14 bits per heavy atom. The smallest absolute Gasteiger partial charge is 0 e. The van der Waals surface area contributed by atoms with Crippen LogP contribution in [0.2, 0.25) is 0 Å². The molecule has 0 bridgehead atoms. The fourth-order valence-electron chi connectivity index (χ4n) is 0. The molecule has 0 heterocycles. The van der Waals surface area contributed by atoms with Crippen LogP contribution in [0.1, 0.15) is 0 Å². The van der Waals surface area contributed by atoms with Crippen LogP contribution in [0.4, 0.5) is 0 Å². The maximum Gasteiger partial charge on any atom is 0 e. The minimum absolute atomic E-state index is 0. The predicted molar refractivity (Wildman–Crippen MR) is 8.54 cm³/mol. The molecule has 0 aliphatic carbocycles. The van der Waals surface area contributed by atoms with Crippen molar-refractivity contribution in [3.05, 3.63) is 0 Å². The van der Waals surface area contributed by atoms with E-state index in [1.54, 1.807) is 19.0 Å². The molecule has 0 amide bonds. The van der Waals surface area contributed by atoms with E-state index in [-0.39, 0.29) is 116 Å². The SMILES string of the molecule is [BH2][Re].[Co].[Cr].[Nd].[Pd].[Pt]. The minimum atomic E-state index is 0. The van der Waals surface area contributed by atoms with Gasteiger partial charge in [-0.3, -0.25) is 0 Å². The predicted octanol–water partition coefficient (Wildman–Crippen LogP) is -0.929. The Morgan fingerprint density at radius 2 is 1.14 bits per heavy atom. The third-order valence-electron chi connectivity index (χ3n) is 0. The van der Waals surface area contributed by atoms with E-state index in [1.807, 2.05) is 0 Å². The van der Waals surface area contributed by atoms with Crippen molar-refractivity contribution >= 4 is 6.20 Å². The van der Waals surface area contributed by atoms with E-state index < -0.39 is 0 Å². The topological polar surface area (TPSA) is 0 Å². The van der Waals surface area contributed by atoms with Gasteiger partial charge in [0.15, 0.2) is 0 Å². The largest absolute Gasteiger partial charge is 0 e. The van der Waals surface area contributed by atoms with Crippen LogP contribution in [0.3, 0.4) is 0 Å². The fraction of sp³-hybridized carbons (Fsp3) is 0. The van der Waals surface area contributed by atoms with Crippen molar-refractivity contribution in [2.45, 2.75) is 0 Å². The molecule has 0 saturated heterocycles. The molecule has 0 aromatic carbocycles. The molecule has 0 nitrogen and oxygen atoms in total. The summed E-state index contributed by atoms with van der Waals surface area (Å²) in [5, 5.41) is 0. The molecule has 0 atom stereocenters. The van der Waals surface area contributed by atoms with Crippen LogP contribution in [0.15, 0.2) is 0 Å². The number of hydrogen-bond donors (Lipinski definition) is 0. The Balaban J connectivity index is -0.000000000500. The summed E-state index contributed by atoms with van der Waals surface area (Å²) in [5.74, 6) is 0. The molecule has 0 saturated carbocycles. The average Bonchev–Trinajstić information content (AvgIpc) is 1.00. The summed E-state index contributed by atoms with van der Waals surface area (Å²) in [6.07, 6.45) is 2.06. The maximum absolute atomic E-state index is 2.06. The van der Waals surface area contributed by atoms with Crippen LogP contribution in [0.25, 0.3) is 0 Å². The molecule has 7 heteroatoms. The van der Waals surface area contributed by atoms with Gasteiger partial charge < -0.3 is 0 Å². The Kier molecular flexibility index (Phi) is 282. The summed E-state index contributed by atoms with van der Waals surface area (Å²) >= 11 is 1.72. The van der Waals surface area contributed by atoms with Crippen LogP contribution >= 0.6 is 0 Å². The van der Waals surface area contributed by atoms with E-state index in [0.717, 1.165) is 0 Å². The Bertz CT molecular complexity index is 19.7.